The van der Waals surface area contributed by atoms with Gasteiger partial charge >= 0.3 is 0 Å². The maximum Gasteiger partial charge on any atom is 0.206 e. The largest absolute Gasteiger partial charge is 0.490 e. The molecule has 0 radical (unpaired) electrons. The van der Waals surface area contributed by atoms with E-state index in [0.717, 1.165) is 0 Å². The van der Waals surface area contributed by atoms with Crippen LogP contribution in [0.1, 0.15) is 0 Å². The van der Waals surface area contributed by atoms with Gasteiger partial charge in [-0.3, -0.25) is 0 Å². The lowest BCUT2D eigenvalue weighted by atomic mass is 10.4. The Kier molecular flexibility index (Phi) is 2.91. The van der Waals surface area contributed by atoms with Crippen LogP contribution in [0.25, 0.3) is 5.82 Å². The maximum atomic E-state index is 5.80. The van der Waals surface area contributed by atoms with Crippen LogP contribution in [-0.2, 0) is 0 Å². The molecule has 0 aliphatic carbocycles. The summed E-state index contributed by atoms with van der Waals surface area (Å²) in [6, 6.07) is 0. The van der Waals surface area contributed by atoms with Crippen molar-refractivity contribution >= 4 is 17.4 Å². The summed E-state index contributed by atoms with van der Waals surface area (Å²) in [6.45, 7) is 0. The molecule has 0 bridgehead atoms. The molecule has 0 spiro atoms. The molecule has 16 heavy (non-hydrogen) atoms. The van der Waals surface area contributed by atoms with Crippen molar-refractivity contribution in [3.05, 3.63) is 23.7 Å². The van der Waals surface area contributed by atoms with Gasteiger partial charge in [0.1, 0.15) is 6.33 Å². The monoisotopic (exact) mass is 239 g/mol. The topological polar surface area (TPSA) is 64.9 Å². The van der Waals surface area contributed by atoms with Crippen molar-refractivity contribution in [2.24, 2.45) is 0 Å². The minimum Gasteiger partial charge on any atom is -0.490 e. The van der Waals surface area contributed by atoms with Gasteiger partial charge < -0.3 is 10.1 Å². The summed E-state index contributed by atoms with van der Waals surface area (Å²) in [5.41, 5.74) is 0. The highest BCUT2D eigenvalue weighted by Crippen LogP contribution is 2.27. The van der Waals surface area contributed by atoms with Crippen LogP contribution >= 0.6 is 11.6 Å². The third kappa shape index (κ3) is 1.79. The van der Waals surface area contributed by atoms with Gasteiger partial charge in [-0.25, -0.2) is 14.6 Å². The highest BCUT2D eigenvalue weighted by molar-refractivity contribution is 6.30. The first-order chi connectivity index (χ1) is 7.76. The molecule has 7 heteroatoms. The van der Waals surface area contributed by atoms with Crippen LogP contribution in [0.15, 0.2) is 18.7 Å². The minimum absolute atomic E-state index is 0.518. The predicted octanol–water partition coefficient (Wildman–Crippen LogP) is 1.37. The first kappa shape index (κ1) is 10.7. The lowest BCUT2D eigenvalue weighted by Crippen LogP contribution is -2.05. The lowest BCUT2D eigenvalue weighted by molar-refractivity contribution is 0.409. The van der Waals surface area contributed by atoms with E-state index in [4.69, 9.17) is 16.3 Å². The van der Waals surface area contributed by atoms with Crippen molar-refractivity contribution in [3.63, 3.8) is 0 Å². The molecule has 2 heterocycles. The molecule has 6 nitrogen and oxygen atoms in total. The average Bonchev–Trinajstić information content (AvgIpc) is 2.74. The van der Waals surface area contributed by atoms with Crippen molar-refractivity contribution in [1.82, 2.24) is 19.7 Å². The second-order valence-electron chi connectivity index (χ2n) is 2.93. The molecular formula is C9H10ClN5O. The van der Waals surface area contributed by atoms with Crippen LogP contribution in [-0.4, -0.2) is 33.9 Å². The highest BCUT2D eigenvalue weighted by Gasteiger charge is 2.13. The van der Waals surface area contributed by atoms with Gasteiger partial charge in [0.15, 0.2) is 5.82 Å². The van der Waals surface area contributed by atoms with Crippen LogP contribution in [0, 0.1) is 0 Å². The molecule has 0 fully saturated rings. The van der Waals surface area contributed by atoms with Crippen molar-refractivity contribution in [2.75, 3.05) is 19.5 Å². The highest BCUT2D eigenvalue weighted by atomic mass is 35.5. The summed E-state index contributed by atoms with van der Waals surface area (Å²) in [6.07, 6.45) is 4.60. The molecular weight excluding hydrogens is 230 g/mol. The third-order valence-electron chi connectivity index (χ3n) is 1.99. The lowest BCUT2D eigenvalue weighted by Gasteiger charge is -2.10. The van der Waals surface area contributed by atoms with Crippen molar-refractivity contribution < 1.29 is 4.74 Å². The molecule has 0 aliphatic heterocycles. The molecule has 0 amide bonds. The van der Waals surface area contributed by atoms with E-state index in [2.05, 4.69) is 20.4 Å². The number of ether oxygens (including phenoxy) is 1. The average molecular weight is 240 g/mol. The Morgan fingerprint density at radius 2 is 2.25 bits per heavy atom. The Balaban J connectivity index is 2.56. The van der Waals surface area contributed by atoms with Gasteiger partial charge in [-0.2, -0.15) is 5.10 Å². The Hall–Kier alpha value is -1.82. The Morgan fingerprint density at radius 3 is 2.81 bits per heavy atom. The standard InChI is InChI=1S/C9H10ClN5O/c1-11-8-7(16-2)9(13-5-12-8)15-4-6(10)3-14-15/h3-5H,1-2H3,(H,11,12,13). The normalized spacial score (nSPS) is 10.2. The molecule has 2 aromatic heterocycles. The number of halogens is 1. The quantitative estimate of drug-likeness (QED) is 0.876. The summed E-state index contributed by atoms with van der Waals surface area (Å²) in [5.74, 6) is 1.65. The summed E-state index contributed by atoms with van der Waals surface area (Å²) < 4.78 is 6.77. The number of methoxy groups -OCH3 is 1. The molecule has 0 aliphatic rings. The molecule has 0 atom stereocenters. The number of hydrogen-bond acceptors (Lipinski definition) is 5. The number of aromatic nitrogens is 4. The second-order valence-corrected chi connectivity index (χ2v) is 3.37. The van der Waals surface area contributed by atoms with Gasteiger partial charge in [-0.1, -0.05) is 11.6 Å². The van der Waals surface area contributed by atoms with Crippen LogP contribution in [0.3, 0.4) is 0 Å². The van der Waals surface area contributed by atoms with E-state index >= 15 is 0 Å². The zero-order valence-corrected chi connectivity index (χ0v) is 9.56. The van der Waals surface area contributed by atoms with Crippen molar-refractivity contribution in [2.45, 2.75) is 0 Å². The molecule has 0 unspecified atom stereocenters. The zero-order valence-electron chi connectivity index (χ0n) is 8.81. The summed E-state index contributed by atoms with van der Waals surface area (Å²) in [7, 11) is 3.30. The fraction of sp³-hybridized carbons (Fsp3) is 0.222. The van der Waals surface area contributed by atoms with E-state index in [-0.39, 0.29) is 0 Å². The molecule has 0 aromatic carbocycles. The molecule has 1 N–H and O–H groups in total. The van der Waals surface area contributed by atoms with Gasteiger partial charge in [-0.15, -0.1) is 0 Å². The van der Waals surface area contributed by atoms with Crippen LogP contribution < -0.4 is 10.1 Å². The fourth-order valence-electron chi connectivity index (χ4n) is 1.31. The number of rotatable bonds is 3. The Bertz CT molecular complexity index is 498. The van der Waals surface area contributed by atoms with Gasteiger partial charge in [0.2, 0.25) is 11.6 Å². The first-order valence-corrected chi connectivity index (χ1v) is 4.91. The van der Waals surface area contributed by atoms with Crippen LogP contribution in [0.4, 0.5) is 5.82 Å². The molecule has 0 saturated heterocycles. The predicted molar refractivity (Wildman–Crippen MR) is 60.3 cm³/mol. The number of hydrogen-bond donors (Lipinski definition) is 1. The van der Waals surface area contributed by atoms with Crippen LogP contribution in [0.5, 0.6) is 5.75 Å². The van der Waals surface area contributed by atoms with Crippen LogP contribution in [0.2, 0.25) is 5.02 Å². The Labute approximate surface area is 97.2 Å². The molecule has 84 valence electrons. The van der Waals surface area contributed by atoms with E-state index in [1.807, 2.05) is 0 Å². The van der Waals surface area contributed by atoms with E-state index in [1.54, 1.807) is 20.4 Å². The SMILES string of the molecule is CNc1ncnc(-n2cc(Cl)cn2)c1OC. The Morgan fingerprint density at radius 1 is 1.44 bits per heavy atom. The smallest absolute Gasteiger partial charge is 0.206 e. The summed E-state index contributed by atoms with van der Waals surface area (Å²) in [4.78, 5) is 8.15. The third-order valence-corrected chi connectivity index (χ3v) is 2.19. The zero-order chi connectivity index (χ0) is 11.5. The fourth-order valence-corrected chi connectivity index (χ4v) is 1.45. The number of nitrogens with one attached hydrogen (secondary N) is 1. The van der Waals surface area contributed by atoms with E-state index < -0.39 is 0 Å². The molecule has 2 rings (SSSR count). The summed E-state index contributed by atoms with van der Waals surface area (Å²) >= 11 is 5.80. The van der Waals surface area contributed by atoms with E-state index in [0.29, 0.717) is 22.4 Å². The van der Waals surface area contributed by atoms with Gasteiger partial charge in [0.25, 0.3) is 0 Å². The van der Waals surface area contributed by atoms with E-state index in [1.165, 1.54) is 17.2 Å². The van der Waals surface area contributed by atoms with Crippen molar-refractivity contribution in [3.8, 4) is 11.6 Å². The van der Waals surface area contributed by atoms with Gasteiger partial charge in [0.05, 0.1) is 24.5 Å². The minimum atomic E-state index is 0.518. The molecule has 0 saturated carbocycles. The van der Waals surface area contributed by atoms with Crippen molar-refractivity contribution in [1.29, 1.82) is 0 Å². The van der Waals surface area contributed by atoms with Gasteiger partial charge in [0, 0.05) is 7.05 Å². The van der Waals surface area contributed by atoms with Gasteiger partial charge in [-0.05, 0) is 0 Å². The van der Waals surface area contributed by atoms with E-state index in [9.17, 15) is 0 Å². The molecule has 2 aromatic rings. The maximum absolute atomic E-state index is 5.80. The second kappa shape index (κ2) is 4.36. The number of anilines is 1. The first-order valence-electron chi connectivity index (χ1n) is 4.53. The number of nitrogens with zero attached hydrogens (tertiary/aromatic N) is 4. The summed E-state index contributed by atoms with van der Waals surface area (Å²) in [5, 5.41) is 7.50.